The number of rotatable bonds is 3. The molecular weight excluding hydrogens is 285 g/mol. The minimum atomic E-state index is -4.26. The molecule has 8 heteroatoms. The molecule has 21 heavy (non-hydrogen) atoms. The third-order valence-corrected chi connectivity index (χ3v) is 3.40. The van der Waals surface area contributed by atoms with Gasteiger partial charge in [0.15, 0.2) is 0 Å². The van der Waals surface area contributed by atoms with E-state index in [1.807, 2.05) is 6.92 Å². The van der Waals surface area contributed by atoms with Crippen LogP contribution in [0.4, 0.5) is 19.0 Å². The van der Waals surface area contributed by atoms with E-state index in [-0.39, 0.29) is 18.7 Å². The number of hydrogen-bond donors (Lipinski definition) is 1. The fraction of sp³-hybridized carbons (Fsp3) is 0.615. The Bertz CT molecular complexity index is 489. The van der Waals surface area contributed by atoms with Gasteiger partial charge in [-0.2, -0.15) is 13.2 Å². The lowest BCUT2D eigenvalue weighted by molar-refractivity contribution is -0.184. The van der Waals surface area contributed by atoms with Crippen LogP contribution in [-0.4, -0.2) is 46.6 Å². The highest BCUT2D eigenvalue weighted by Gasteiger charge is 2.42. The fourth-order valence-electron chi connectivity index (χ4n) is 2.30. The quantitative estimate of drug-likeness (QED) is 0.931. The zero-order chi connectivity index (χ0) is 15.5. The van der Waals surface area contributed by atoms with Gasteiger partial charge in [0, 0.05) is 19.6 Å². The van der Waals surface area contributed by atoms with E-state index in [2.05, 4.69) is 15.3 Å². The normalized spacial score (nSPS) is 19.4. The van der Waals surface area contributed by atoms with Crippen LogP contribution in [0, 0.1) is 5.92 Å². The average molecular weight is 302 g/mol. The monoisotopic (exact) mass is 302 g/mol. The topological polar surface area (TPSA) is 58.1 Å². The summed E-state index contributed by atoms with van der Waals surface area (Å²) in [6.45, 7) is 2.58. The van der Waals surface area contributed by atoms with E-state index in [0.717, 1.165) is 0 Å². The van der Waals surface area contributed by atoms with Crippen molar-refractivity contribution in [2.75, 3.05) is 25.0 Å². The van der Waals surface area contributed by atoms with Crippen LogP contribution in [0.15, 0.2) is 12.4 Å². The Morgan fingerprint density at radius 2 is 2.19 bits per heavy atom. The van der Waals surface area contributed by atoms with Crippen LogP contribution < -0.4 is 5.32 Å². The van der Waals surface area contributed by atoms with Crippen molar-refractivity contribution in [1.82, 2.24) is 14.9 Å². The number of carbonyl (C=O) groups excluding carboxylic acids is 1. The number of halogens is 3. The largest absolute Gasteiger partial charge is 0.393 e. The Balaban J connectivity index is 2.05. The Morgan fingerprint density at radius 1 is 1.43 bits per heavy atom. The van der Waals surface area contributed by atoms with Crippen LogP contribution >= 0.6 is 0 Å². The van der Waals surface area contributed by atoms with Crippen molar-refractivity contribution in [2.45, 2.75) is 25.9 Å². The van der Waals surface area contributed by atoms with Gasteiger partial charge in [0.2, 0.25) is 0 Å². The first-order valence-corrected chi connectivity index (χ1v) is 6.83. The van der Waals surface area contributed by atoms with Gasteiger partial charge in [-0.1, -0.05) is 0 Å². The van der Waals surface area contributed by atoms with Crippen LogP contribution in [0.1, 0.15) is 30.3 Å². The molecule has 1 aromatic heterocycles. The molecule has 2 rings (SSSR count). The van der Waals surface area contributed by atoms with Crippen LogP contribution in [-0.2, 0) is 0 Å². The molecule has 1 N–H and O–H groups in total. The standard InChI is InChI=1S/C13H17F3N4O/c1-2-17-11-7-18-10(6-19-11)12(21)20-5-3-4-9(8-20)13(14,15)16/h6-7,9H,2-5,8H2,1H3,(H,17,19). The SMILES string of the molecule is CCNc1cnc(C(=O)N2CCCC(C(F)(F)F)C2)cn1. The molecule has 1 unspecified atom stereocenters. The molecule has 0 aromatic carbocycles. The maximum absolute atomic E-state index is 12.7. The summed E-state index contributed by atoms with van der Waals surface area (Å²) >= 11 is 0. The summed E-state index contributed by atoms with van der Waals surface area (Å²) in [5.41, 5.74) is 0.0690. The summed E-state index contributed by atoms with van der Waals surface area (Å²) in [4.78, 5) is 21.4. The van der Waals surface area contributed by atoms with Gasteiger partial charge in [0.05, 0.1) is 18.3 Å². The second-order valence-electron chi connectivity index (χ2n) is 4.95. The molecule has 5 nitrogen and oxygen atoms in total. The molecule has 0 bridgehead atoms. The Morgan fingerprint density at radius 3 is 2.76 bits per heavy atom. The summed E-state index contributed by atoms with van der Waals surface area (Å²) in [6.07, 6.45) is -1.16. The molecule has 2 heterocycles. The minimum absolute atomic E-state index is 0.0678. The van der Waals surface area contributed by atoms with Crippen LogP contribution in [0.25, 0.3) is 0 Å². The van der Waals surface area contributed by atoms with Crippen molar-refractivity contribution in [3.63, 3.8) is 0 Å². The summed E-state index contributed by atoms with van der Waals surface area (Å²) in [7, 11) is 0. The number of nitrogens with zero attached hydrogens (tertiary/aromatic N) is 3. The van der Waals surface area contributed by atoms with Crippen molar-refractivity contribution in [3.8, 4) is 0 Å². The van der Waals surface area contributed by atoms with Gasteiger partial charge < -0.3 is 10.2 Å². The number of anilines is 1. The van der Waals surface area contributed by atoms with Crippen molar-refractivity contribution in [2.24, 2.45) is 5.92 Å². The zero-order valence-electron chi connectivity index (χ0n) is 11.7. The predicted octanol–water partition coefficient (Wildman–Crippen LogP) is 2.32. The summed E-state index contributed by atoms with van der Waals surface area (Å²) in [6, 6.07) is 0. The molecule has 1 fully saturated rings. The summed E-state index contributed by atoms with van der Waals surface area (Å²) in [5.74, 6) is -1.43. The molecule has 0 aliphatic carbocycles. The predicted molar refractivity (Wildman–Crippen MR) is 70.9 cm³/mol. The molecule has 1 aliphatic heterocycles. The first-order valence-electron chi connectivity index (χ1n) is 6.83. The van der Waals surface area contributed by atoms with E-state index in [9.17, 15) is 18.0 Å². The van der Waals surface area contributed by atoms with Gasteiger partial charge in [-0.3, -0.25) is 4.79 Å². The number of carbonyl (C=O) groups is 1. The van der Waals surface area contributed by atoms with Crippen molar-refractivity contribution >= 4 is 11.7 Å². The molecule has 1 amide bonds. The Kier molecular flexibility index (Phi) is 4.64. The lowest BCUT2D eigenvalue weighted by Crippen LogP contribution is -2.44. The lowest BCUT2D eigenvalue weighted by atomic mass is 9.97. The average Bonchev–Trinajstić information content (AvgIpc) is 2.47. The zero-order valence-corrected chi connectivity index (χ0v) is 11.7. The van der Waals surface area contributed by atoms with Crippen molar-refractivity contribution < 1.29 is 18.0 Å². The highest BCUT2D eigenvalue weighted by atomic mass is 19.4. The van der Waals surface area contributed by atoms with Crippen molar-refractivity contribution in [1.29, 1.82) is 0 Å². The smallest absolute Gasteiger partial charge is 0.369 e. The number of piperidine rings is 1. The highest BCUT2D eigenvalue weighted by Crippen LogP contribution is 2.33. The Hall–Kier alpha value is -1.86. The molecule has 0 spiro atoms. The Labute approximate surface area is 120 Å². The third kappa shape index (κ3) is 3.83. The highest BCUT2D eigenvalue weighted by molar-refractivity contribution is 5.92. The van der Waals surface area contributed by atoms with Crippen LogP contribution in [0.3, 0.4) is 0 Å². The van der Waals surface area contributed by atoms with Crippen LogP contribution in [0.2, 0.25) is 0 Å². The lowest BCUT2D eigenvalue weighted by Gasteiger charge is -2.33. The fourth-order valence-corrected chi connectivity index (χ4v) is 2.30. The number of amides is 1. The van der Waals surface area contributed by atoms with Crippen LogP contribution in [0.5, 0.6) is 0 Å². The summed E-state index contributed by atoms with van der Waals surface area (Å²) in [5, 5.41) is 2.93. The maximum Gasteiger partial charge on any atom is 0.393 e. The van der Waals surface area contributed by atoms with Gasteiger partial charge in [-0.25, -0.2) is 9.97 Å². The first-order chi connectivity index (χ1) is 9.91. The van der Waals surface area contributed by atoms with E-state index in [0.29, 0.717) is 25.3 Å². The second kappa shape index (κ2) is 6.28. The van der Waals surface area contributed by atoms with E-state index >= 15 is 0 Å². The van der Waals surface area contributed by atoms with Crippen molar-refractivity contribution in [3.05, 3.63) is 18.1 Å². The number of nitrogens with one attached hydrogen (secondary N) is 1. The molecule has 1 saturated heterocycles. The first kappa shape index (κ1) is 15.5. The number of hydrogen-bond acceptors (Lipinski definition) is 4. The van der Waals surface area contributed by atoms with E-state index < -0.39 is 18.0 Å². The van der Waals surface area contributed by atoms with E-state index in [4.69, 9.17) is 0 Å². The molecule has 1 aromatic rings. The van der Waals surface area contributed by atoms with E-state index in [1.165, 1.54) is 17.3 Å². The maximum atomic E-state index is 12.7. The molecule has 0 radical (unpaired) electrons. The number of likely N-dealkylation sites (tertiary alicyclic amines) is 1. The minimum Gasteiger partial charge on any atom is -0.369 e. The number of alkyl halides is 3. The van der Waals surface area contributed by atoms with Gasteiger partial charge in [0.1, 0.15) is 11.5 Å². The van der Waals surface area contributed by atoms with Gasteiger partial charge >= 0.3 is 6.18 Å². The summed E-state index contributed by atoms with van der Waals surface area (Å²) < 4.78 is 38.2. The van der Waals surface area contributed by atoms with Gasteiger partial charge in [-0.05, 0) is 19.8 Å². The van der Waals surface area contributed by atoms with Gasteiger partial charge in [-0.15, -0.1) is 0 Å². The molecule has 0 saturated carbocycles. The molecule has 1 aliphatic rings. The number of aromatic nitrogens is 2. The van der Waals surface area contributed by atoms with E-state index in [1.54, 1.807) is 0 Å². The second-order valence-corrected chi connectivity index (χ2v) is 4.95. The van der Waals surface area contributed by atoms with Gasteiger partial charge in [0.25, 0.3) is 5.91 Å². The third-order valence-electron chi connectivity index (χ3n) is 3.40. The molecular formula is C13H17F3N4O. The molecule has 116 valence electrons. The molecule has 1 atom stereocenters.